The van der Waals surface area contributed by atoms with Crippen molar-refractivity contribution in [2.24, 2.45) is 0 Å². The molecule has 5 rings (SSSR count). The summed E-state index contributed by atoms with van der Waals surface area (Å²) < 4.78 is 47.6. The van der Waals surface area contributed by atoms with Crippen molar-refractivity contribution in [3.05, 3.63) is 143 Å². The van der Waals surface area contributed by atoms with Crippen LogP contribution in [0.4, 0.5) is 13.2 Å². The first-order valence-corrected chi connectivity index (χ1v) is 12.6. The highest BCUT2D eigenvalue weighted by molar-refractivity contribution is 5.90. The predicted octanol–water partition coefficient (Wildman–Crippen LogP) is 7.28. The van der Waals surface area contributed by atoms with Gasteiger partial charge in [-0.3, -0.25) is 5.32 Å². The minimum atomic E-state index is -4.45. The maximum atomic E-state index is 13.5. The van der Waals surface area contributed by atoms with Gasteiger partial charge in [-0.1, -0.05) is 97.1 Å². The van der Waals surface area contributed by atoms with Gasteiger partial charge in [0.1, 0.15) is 12.6 Å². The van der Waals surface area contributed by atoms with Gasteiger partial charge in [0, 0.05) is 35.8 Å². The lowest BCUT2D eigenvalue weighted by Gasteiger charge is -2.18. The number of hydrogen-bond acceptors (Lipinski definition) is 3. The summed E-state index contributed by atoms with van der Waals surface area (Å²) in [5.74, 6) is -0.506. The van der Waals surface area contributed by atoms with E-state index in [0.29, 0.717) is 17.7 Å². The third-order valence-corrected chi connectivity index (χ3v) is 6.55. The molecule has 5 aromatic rings. The molecular weight excluding hydrogens is 501 g/mol. The largest absolute Gasteiger partial charge is 0.459 e. The number of hydrogen-bond donors (Lipinski definition) is 1. The second kappa shape index (κ2) is 11.6. The van der Waals surface area contributed by atoms with E-state index < -0.39 is 23.8 Å². The number of para-hydroxylation sites is 1. The Morgan fingerprint density at radius 3 is 2.15 bits per heavy atom. The SMILES string of the molecule is O=C(OCc1ccccc1)C(NCc1cccc(C(F)(F)F)c1)c1cn(Cc2ccccc2)c2ccccc12. The van der Waals surface area contributed by atoms with Crippen LogP contribution in [0.3, 0.4) is 0 Å². The molecule has 1 unspecified atom stereocenters. The second-order valence-electron chi connectivity index (χ2n) is 9.32. The van der Waals surface area contributed by atoms with Crippen LogP contribution in [-0.2, 0) is 35.4 Å². The molecule has 0 fully saturated rings. The lowest BCUT2D eigenvalue weighted by Crippen LogP contribution is -2.30. The summed E-state index contributed by atoms with van der Waals surface area (Å²) in [7, 11) is 0. The number of rotatable bonds is 9. The number of alkyl halides is 3. The first kappa shape index (κ1) is 26.3. The van der Waals surface area contributed by atoms with Crippen molar-refractivity contribution >= 4 is 16.9 Å². The lowest BCUT2D eigenvalue weighted by molar-refractivity contribution is -0.147. The Bertz CT molecular complexity index is 1550. The number of carbonyl (C=O) groups excluding carboxylic acids is 1. The standard InChI is InChI=1S/C32H27F3N2O2/c33-32(34,35)26-15-9-14-25(18-26)19-36-30(31(38)39-22-24-12-5-2-6-13-24)28-21-37(20-23-10-3-1-4-11-23)29-17-8-7-16-27(28)29/h1-18,21,30,36H,19-20,22H2. The third-order valence-electron chi connectivity index (χ3n) is 6.55. The van der Waals surface area contributed by atoms with E-state index in [1.165, 1.54) is 6.07 Å². The van der Waals surface area contributed by atoms with Crippen LogP contribution >= 0.6 is 0 Å². The van der Waals surface area contributed by atoms with Crippen LogP contribution in [-0.4, -0.2) is 10.5 Å². The molecule has 0 saturated heterocycles. The molecule has 1 atom stereocenters. The number of carbonyl (C=O) groups is 1. The average Bonchev–Trinajstić information content (AvgIpc) is 3.31. The summed E-state index contributed by atoms with van der Waals surface area (Å²) in [6, 6.07) is 31.3. The molecule has 0 aliphatic carbocycles. The van der Waals surface area contributed by atoms with Gasteiger partial charge in [0.2, 0.25) is 0 Å². The van der Waals surface area contributed by atoms with Gasteiger partial charge in [0.25, 0.3) is 0 Å². The van der Waals surface area contributed by atoms with Crippen molar-refractivity contribution in [1.29, 1.82) is 0 Å². The summed E-state index contributed by atoms with van der Waals surface area (Å²) in [5.41, 5.74) is 3.27. The van der Waals surface area contributed by atoms with Gasteiger partial charge in [-0.05, 0) is 28.8 Å². The van der Waals surface area contributed by atoms with Gasteiger partial charge in [0.15, 0.2) is 0 Å². The molecule has 1 aromatic heterocycles. The van der Waals surface area contributed by atoms with Gasteiger partial charge in [0.05, 0.1) is 5.56 Å². The normalized spacial score (nSPS) is 12.4. The van der Waals surface area contributed by atoms with E-state index in [1.54, 1.807) is 6.07 Å². The molecule has 0 radical (unpaired) electrons. The van der Waals surface area contributed by atoms with Crippen molar-refractivity contribution in [1.82, 2.24) is 9.88 Å². The Labute approximate surface area is 224 Å². The molecule has 198 valence electrons. The molecule has 0 amide bonds. The highest BCUT2D eigenvalue weighted by atomic mass is 19.4. The number of halogens is 3. The first-order chi connectivity index (χ1) is 18.9. The van der Waals surface area contributed by atoms with E-state index in [9.17, 15) is 18.0 Å². The summed E-state index contributed by atoms with van der Waals surface area (Å²) in [6.45, 7) is 0.734. The van der Waals surface area contributed by atoms with Crippen molar-refractivity contribution in [3.63, 3.8) is 0 Å². The van der Waals surface area contributed by atoms with Crippen LogP contribution in [0, 0.1) is 0 Å². The second-order valence-corrected chi connectivity index (χ2v) is 9.32. The van der Waals surface area contributed by atoms with Crippen LogP contribution in [0.15, 0.2) is 115 Å². The summed E-state index contributed by atoms with van der Waals surface area (Å²) >= 11 is 0. The number of nitrogens with one attached hydrogen (secondary N) is 1. The van der Waals surface area contributed by atoms with Gasteiger partial charge >= 0.3 is 12.1 Å². The Morgan fingerprint density at radius 2 is 1.44 bits per heavy atom. The average molecular weight is 529 g/mol. The summed E-state index contributed by atoms with van der Waals surface area (Å²) in [4.78, 5) is 13.5. The fourth-order valence-corrected chi connectivity index (χ4v) is 4.63. The van der Waals surface area contributed by atoms with E-state index in [2.05, 4.69) is 9.88 Å². The molecule has 0 bridgehead atoms. The zero-order valence-electron chi connectivity index (χ0n) is 21.1. The molecular formula is C32H27F3N2O2. The molecule has 1 heterocycles. The molecule has 0 saturated carbocycles. The predicted molar refractivity (Wildman–Crippen MR) is 145 cm³/mol. The van der Waals surface area contributed by atoms with Crippen LogP contribution in [0.5, 0.6) is 0 Å². The Balaban J connectivity index is 1.47. The molecule has 1 N–H and O–H groups in total. The quantitative estimate of drug-likeness (QED) is 0.205. The van der Waals surface area contributed by atoms with Crippen LogP contribution in [0.1, 0.15) is 33.9 Å². The zero-order valence-corrected chi connectivity index (χ0v) is 21.1. The minimum Gasteiger partial charge on any atom is -0.459 e. The monoisotopic (exact) mass is 528 g/mol. The number of benzene rings is 4. The number of aromatic nitrogens is 1. The third kappa shape index (κ3) is 6.38. The van der Waals surface area contributed by atoms with Gasteiger partial charge in [-0.15, -0.1) is 0 Å². The number of nitrogens with zero attached hydrogens (tertiary/aromatic N) is 1. The smallest absolute Gasteiger partial charge is 0.416 e. The van der Waals surface area contributed by atoms with E-state index in [4.69, 9.17) is 4.74 Å². The Hall–Kier alpha value is -4.36. The van der Waals surface area contributed by atoms with Crippen molar-refractivity contribution in [3.8, 4) is 0 Å². The molecule has 39 heavy (non-hydrogen) atoms. The molecule has 7 heteroatoms. The maximum absolute atomic E-state index is 13.5. The van der Waals surface area contributed by atoms with Crippen LogP contribution in [0.25, 0.3) is 10.9 Å². The summed E-state index contributed by atoms with van der Waals surface area (Å²) in [5, 5.41) is 4.05. The molecule has 0 spiro atoms. The fraction of sp³-hybridized carbons (Fsp3) is 0.156. The highest BCUT2D eigenvalue weighted by Gasteiger charge is 2.31. The van der Waals surface area contributed by atoms with Gasteiger partial charge in [-0.2, -0.15) is 13.2 Å². The fourth-order valence-electron chi connectivity index (χ4n) is 4.63. The Morgan fingerprint density at radius 1 is 0.795 bits per heavy atom. The van der Waals surface area contributed by atoms with E-state index in [-0.39, 0.29) is 13.2 Å². The number of esters is 1. The molecule has 0 aliphatic rings. The Kier molecular flexibility index (Phi) is 7.79. The number of ether oxygens (including phenoxy) is 1. The minimum absolute atomic E-state index is 0.0488. The van der Waals surface area contributed by atoms with E-state index in [0.717, 1.165) is 34.2 Å². The molecule has 4 nitrogen and oxygen atoms in total. The van der Waals surface area contributed by atoms with Crippen molar-refractivity contribution in [2.45, 2.75) is 31.9 Å². The topological polar surface area (TPSA) is 43.3 Å². The van der Waals surface area contributed by atoms with Crippen LogP contribution in [0.2, 0.25) is 0 Å². The summed E-state index contributed by atoms with van der Waals surface area (Å²) in [6.07, 6.45) is -2.53. The zero-order chi connectivity index (χ0) is 27.2. The molecule has 4 aromatic carbocycles. The van der Waals surface area contributed by atoms with Gasteiger partial charge < -0.3 is 9.30 Å². The first-order valence-electron chi connectivity index (χ1n) is 12.6. The number of fused-ring (bicyclic) bond motifs is 1. The van der Waals surface area contributed by atoms with Gasteiger partial charge in [-0.25, -0.2) is 4.79 Å². The molecule has 0 aliphatic heterocycles. The van der Waals surface area contributed by atoms with Crippen LogP contribution < -0.4 is 5.32 Å². The van der Waals surface area contributed by atoms with E-state index in [1.807, 2.05) is 91.1 Å². The van der Waals surface area contributed by atoms with Crippen molar-refractivity contribution < 1.29 is 22.7 Å². The lowest BCUT2D eigenvalue weighted by atomic mass is 10.0. The van der Waals surface area contributed by atoms with E-state index >= 15 is 0 Å². The highest BCUT2D eigenvalue weighted by Crippen LogP contribution is 2.31. The maximum Gasteiger partial charge on any atom is 0.416 e. The van der Waals surface area contributed by atoms with Crippen molar-refractivity contribution in [2.75, 3.05) is 0 Å².